The van der Waals surface area contributed by atoms with Gasteiger partial charge in [0.1, 0.15) is 0 Å². The van der Waals surface area contributed by atoms with Crippen LogP contribution in [-0.4, -0.2) is 6.61 Å². The molecule has 0 amide bonds. The fraction of sp³-hybridized carbons (Fsp3) is 0.250. The van der Waals surface area contributed by atoms with Gasteiger partial charge >= 0.3 is 30.0 Å². The fourth-order valence-corrected chi connectivity index (χ4v) is 0.673. The second kappa shape index (κ2) is 7.69. The van der Waals surface area contributed by atoms with Crippen molar-refractivity contribution in [2.24, 2.45) is 0 Å². The van der Waals surface area contributed by atoms with E-state index in [2.05, 4.69) is 19.7 Å². The molecule has 0 aromatic heterocycles. The quantitative estimate of drug-likeness (QED) is 0.599. The Morgan fingerprint density at radius 1 is 1.58 bits per heavy atom. The molecule has 1 nitrogen and oxygen atoms in total. The summed E-state index contributed by atoms with van der Waals surface area (Å²) in [6.45, 7) is 2.40. The Labute approximate surface area is 88.3 Å². The molecule has 0 aliphatic carbocycles. The van der Waals surface area contributed by atoms with Crippen molar-refractivity contribution < 1.29 is 25.5 Å². The predicted octanol–water partition coefficient (Wildman–Crippen LogP) is 2.87. The summed E-state index contributed by atoms with van der Waals surface area (Å²) in [4.78, 5) is 0. The van der Waals surface area contributed by atoms with Crippen LogP contribution in [0.15, 0.2) is 18.2 Å². The molecule has 0 atom stereocenters. The summed E-state index contributed by atoms with van der Waals surface area (Å²) in [6.07, 6.45) is 0. The Bertz CT molecular complexity index is 220. The fourth-order valence-electron chi connectivity index (χ4n) is 0.673. The molecule has 0 unspecified atom stereocenters. The molecular formula is C8H8BrFOZn. The second-order valence-electron chi connectivity index (χ2n) is 1.82. The molecule has 0 fully saturated rings. The number of hydrogen-bond donors (Lipinski definition) is 0. The molecule has 0 spiro atoms. The molecule has 0 saturated heterocycles. The van der Waals surface area contributed by atoms with E-state index in [1.807, 2.05) is 6.92 Å². The summed E-state index contributed by atoms with van der Waals surface area (Å²) in [6, 6.07) is 6.82. The predicted molar refractivity (Wildman–Crippen MR) is 45.3 cm³/mol. The van der Waals surface area contributed by atoms with Crippen molar-refractivity contribution in [3.63, 3.8) is 0 Å². The average Bonchev–Trinajstić information content (AvgIpc) is 2.09. The van der Waals surface area contributed by atoms with Crippen LogP contribution in [0, 0.1) is 11.9 Å². The Kier molecular flexibility index (Phi) is 7.72. The van der Waals surface area contributed by atoms with Crippen LogP contribution in [-0.2, 0) is 16.3 Å². The third kappa shape index (κ3) is 4.84. The van der Waals surface area contributed by atoms with Gasteiger partial charge in [-0.15, -0.1) is 12.1 Å². The monoisotopic (exact) mass is 282 g/mol. The molecule has 12 heavy (non-hydrogen) atoms. The van der Waals surface area contributed by atoms with Crippen LogP contribution in [0.5, 0.6) is 5.75 Å². The first-order valence-corrected chi connectivity index (χ1v) is 10.3. The Morgan fingerprint density at radius 2 is 2.25 bits per heavy atom. The number of benzene rings is 1. The molecule has 0 aliphatic heterocycles. The van der Waals surface area contributed by atoms with E-state index >= 15 is 0 Å². The molecule has 4 heteroatoms. The van der Waals surface area contributed by atoms with Crippen LogP contribution in [0.3, 0.4) is 0 Å². The first kappa shape index (κ1) is 12.1. The maximum atomic E-state index is 12.4. The first-order chi connectivity index (χ1) is 5.83. The second-order valence-corrected chi connectivity index (χ2v) is 1.82. The number of halogens is 2. The van der Waals surface area contributed by atoms with E-state index in [9.17, 15) is 4.39 Å². The molecule has 0 aliphatic rings. The van der Waals surface area contributed by atoms with E-state index < -0.39 is 0 Å². The Hall–Kier alpha value is 0.0534. The van der Waals surface area contributed by atoms with Crippen LogP contribution in [0.25, 0.3) is 0 Å². The van der Waals surface area contributed by atoms with Crippen LogP contribution in [0.1, 0.15) is 6.92 Å². The third-order valence-corrected chi connectivity index (χ3v) is 1.04. The summed E-state index contributed by atoms with van der Waals surface area (Å²) in [7, 11) is 0. The standard InChI is InChI=1S/C8H8FO.BrH.Zn/c1-2-10-8-5-3-4-7(9)6-8;;/h4-6H,2H2,1H3;1H;/q-1;;+2/p-1. The molecule has 62 valence electrons. The van der Waals surface area contributed by atoms with Crippen LogP contribution in [0.2, 0.25) is 0 Å². The molecule has 1 aromatic rings. The van der Waals surface area contributed by atoms with Crippen molar-refractivity contribution in [3.8, 4) is 5.75 Å². The van der Waals surface area contributed by atoms with Crippen LogP contribution < -0.4 is 4.74 Å². The van der Waals surface area contributed by atoms with Crippen LogP contribution in [0.4, 0.5) is 4.39 Å². The van der Waals surface area contributed by atoms with Gasteiger partial charge in [0, 0.05) is 11.6 Å². The summed E-state index contributed by atoms with van der Waals surface area (Å²) in [5.41, 5.74) is 0. The Morgan fingerprint density at radius 3 is 2.75 bits per heavy atom. The van der Waals surface area contributed by atoms with E-state index in [0.717, 1.165) is 0 Å². The molecule has 0 heterocycles. The van der Waals surface area contributed by atoms with Gasteiger partial charge in [-0.05, 0) is 6.92 Å². The van der Waals surface area contributed by atoms with Gasteiger partial charge in [0.15, 0.2) is 0 Å². The van der Waals surface area contributed by atoms with Crippen molar-refractivity contribution in [1.29, 1.82) is 0 Å². The van der Waals surface area contributed by atoms with E-state index in [-0.39, 0.29) is 5.82 Å². The van der Waals surface area contributed by atoms with Gasteiger partial charge in [-0.2, -0.15) is 6.07 Å². The normalized spacial score (nSPS) is 8.42. The van der Waals surface area contributed by atoms with Crippen molar-refractivity contribution in [3.05, 3.63) is 30.1 Å². The molecule has 0 radical (unpaired) electrons. The summed E-state index contributed by atoms with van der Waals surface area (Å²) in [5, 5.41) is 0. The van der Waals surface area contributed by atoms with Gasteiger partial charge in [-0.25, -0.2) is 0 Å². The third-order valence-electron chi connectivity index (χ3n) is 1.04. The van der Waals surface area contributed by atoms with Gasteiger partial charge in [0.25, 0.3) is 0 Å². The van der Waals surface area contributed by atoms with E-state index in [1.54, 1.807) is 6.07 Å². The van der Waals surface area contributed by atoms with Crippen molar-refractivity contribution in [1.82, 2.24) is 0 Å². The molecule has 1 aromatic carbocycles. The summed E-state index contributed by atoms with van der Waals surface area (Å²) in [5.74, 6) is 0.216. The zero-order valence-electron chi connectivity index (χ0n) is 6.81. The molecule has 0 N–H and O–H groups in total. The molecule has 0 saturated carbocycles. The van der Waals surface area contributed by atoms with Crippen molar-refractivity contribution >= 4 is 13.6 Å². The minimum absolute atomic E-state index is 0.314. The van der Waals surface area contributed by atoms with Crippen molar-refractivity contribution in [2.75, 3.05) is 6.61 Å². The van der Waals surface area contributed by atoms with E-state index in [0.29, 0.717) is 12.4 Å². The Balaban J connectivity index is 0.000000561. The van der Waals surface area contributed by atoms with Gasteiger partial charge in [0.2, 0.25) is 0 Å². The van der Waals surface area contributed by atoms with E-state index in [1.165, 1.54) is 28.5 Å². The number of rotatable bonds is 2. The molecule has 1 rings (SSSR count). The molecule has 0 bridgehead atoms. The maximum absolute atomic E-state index is 12.4. The zero-order valence-corrected chi connectivity index (χ0v) is 11.4. The summed E-state index contributed by atoms with van der Waals surface area (Å²) >= 11 is 4.25. The van der Waals surface area contributed by atoms with Crippen molar-refractivity contribution in [2.45, 2.75) is 6.92 Å². The summed E-state index contributed by atoms with van der Waals surface area (Å²) < 4.78 is 17.4. The minimum atomic E-state index is -0.314. The van der Waals surface area contributed by atoms with Gasteiger partial charge in [-0.3, -0.25) is 4.39 Å². The number of ether oxygens (including phenoxy) is 1. The topological polar surface area (TPSA) is 9.23 Å². The first-order valence-electron chi connectivity index (χ1n) is 3.39. The van der Waals surface area contributed by atoms with Gasteiger partial charge in [-0.1, -0.05) is 6.07 Å². The average molecular weight is 284 g/mol. The van der Waals surface area contributed by atoms with Gasteiger partial charge in [0.05, 0.1) is 6.61 Å². The van der Waals surface area contributed by atoms with Crippen LogP contribution >= 0.6 is 13.6 Å². The van der Waals surface area contributed by atoms with E-state index in [4.69, 9.17) is 4.74 Å². The SMILES string of the molecule is CCOc1c[c-]cc(F)c1.[Zn+][Br]. The van der Waals surface area contributed by atoms with Gasteiger partial charge < -0.3 is 4.74 Å². The zero-order chi connectivity index (χ0) is 9.40. The number of hydrogen-bond acceptors (Lipinski definition) is 1. The molecular weight excluding hydrogens is 276 g/mol.